The molecule has 3 aliphatic rings. The molecule has 1 atom stereocenters. The molecule has 1 saturated carbocycles. The van der Waals surface area contributed by atoms with Crippen molar-refractivity contribution in [1.82, 2.24) is 14.7 Å². The maximum atomic E-state index is 14.4. The van der Waals surface area contributed by atoms with Crippen LogP contribution in [-0.4, -0.2) is 72.5 Å². The first-order valence-electron chi connectivity index (χ1n) is 15.2. The van der Waals surface area contributed by atoms with Gasteiger partial charge < -0.3 is 9.80 Å². The maximum Gasteiger partial charge on any atom is 0.416 e. The van der Waals surface area contributed by atoms with E-state index in [0.717, 1.165) is 38.3 Å². The third-order valence-electron chi connectivity index (χ3n) is 9.65. The van der Waals surface area contributed by atoms with E-state index in [1.165, 1.54) is 43.1 Å². The molecule has 2 aromatic carbocycles. The fourth-order valence-corrected chi connectivity index (χ4v) is 7.07. The van der Waals surface area contributed by atoms with Crippen molar-refractivity contribution < 1.29 is 39.9 Å². The molecule has 4 nitrogen and oxygen atoms in total. The SMILES string of the molecule is O=C(Cc1cc(C(F)(F)F)cc(C(F)(F)F)c1)N1CCC(CCN2CCN(C3CCCCC3)CC2)(c2ccc(F)c(F)c2)C1. The molecule has 44 heavy (non-hydrogen) atoms. The largest absolute Gasteiger partial charge is 0.416 e. The zero-order chi connectivity index (χ0) is 31.7. The highest BCUT2D eigenvalue weighted by molar-refractivity contribution is 5.79. The molecular formula is C32H37F8N3O. The quantitative estimate of drug-likeness (QED) is 0.307. The molecule has 2 heterocycles. The first-order chi connectivity index (χ1) is 20.7. The molecule has 242 valence electrons. The minimum absolute atomic E-state index is 0.0346. The van der Waals surface area contributed by atoms with Crippen LogP contribution >= 0.6 is 0 Å². The fraction of sp³-hybridized carbons (Fsp3) is 0.594. The summed E-state index contributed by atoms with van der Waals surface area (Å²) in [6, 6.07) is 5.46. The van der Waals surface area contributed by atoms with Gasteiger partial charge in [0.15, 0.2) is 11.6 Å². The lowest BCUT2D eigenvalue weighted by Crippen LogP contribution is -2.51. The van der Waals surface area contributed by atoms with E-state index in [9.17, 15) is 39.9 Å². The predicted octanol–water partition coefficient (Wildman–Crippen LogP) is 7.06. The molecule has 0 aromatic heterocycles. The Balaban J connectivity index is 1.29. The van der Waals surface area contributed by atoms with Crippen molar-refractivity contribution in [3.05, 3.63) is 70.3 Å². The second-order valence-electron chi connectivity index (χ2n) is 12.5. The van der Waals surface area contributed by atoms with Gasteiger partial charge in [0.25, 0.3) is 0 Å². The molecule has 0 radical (unpaired) electrons. The van der Waals surface area contributed by atoms with Crippen LogP contribution in [-0.2, 0) is 29.0 Å². The van der Waals surface area contributed by atoms with E-state index >= 15 is 0 Å². The summed E-state index contributed by atoms with van der Waals surface area (Å²) in [4.78, 5) is 19.6. The van der Waals surface area contributed by atoms with Crippen molar-refractivity contribution >= 4 is 5.91 Å². The Morgan fingerprint density at radius 1 is 0.795 bits per heavy atom. The number of hydrogen-bond acceptors (Lipinski definition) is 3. The lowest BCUT2D eigenvalue weighted by molar-refractivity contribution is -0.143. The standard InChI is InChI=1S/C32H37F8N3O/c33-27-7-6-23(20-28(27)34)30(8-10-41-12-14-42(15-13-41)26-4-2-1-3-5-26)9-11-43(21-30)29(44)18-22-16-24(31(35,36)37)19-25(17-22)32(38,39)40/h6-7,16-17,19-20,26H,1-5,8-15,18,21H2. The average Bonchev–Trinajstić information content (AvgIpc) is 3.43. The number of halogens is 8. The average molecular weight is 632 g/mol. The highest BCUT2D eigenvalue weighted by Crippen LogP contribution is 2.40. The monoisotopic (exact) mass is 631 g/mol. The number of carbonyl (C=O) groups is 1. The fourth-order valence-electron chi connectivity index (χ4n) is 7.07. The van der Waals surface area contributed by atoms with Crippen LogP contribution in [0, 0.1) is 11.6 Å². The summed E-state index contributed by atoms with van der Waals surface area (Å²) in [5.74, 6) is -2.64. The van der Waals surface area contributed by atoms with E-state index < -0.39 is 58.4 Å². The molecular weight excluding hydrogens is 594 g/mol. The normalized spacial score (nSPS) is 23.0. The molecule has 0 spiro atoms. The van der Waals surface area contributed by atoms with E-state index in [4.69, 9.17) is 0 Å². The Hall–Kier alpha value is -2.73. The summed E-state index contributed by atoms with van der Waals surface area (Å²) in [6.45, 7) is 4.58. The van der Waals surface area contributed by atoms with Gasteiger partial charge in [-0.3, -0.25) is 9.69 Å². The Morgan fingerprint density at radius 2 is 1.43 bits per heavy atom. The zero-order valence-electron chi connectivity index (χ0n) is 24.4. The number of benzene rings is 2. The number of piperazine rings is 1. The molecule has 2 aromatic rings. The molecule has 12 heteroatoms. The lowest BCUT2D eigenvalue weighted by Gasteiger charge is -2.41. The van der Waals surface area contributed by atoms with Gasteiger partial charge in [0.05, 0.1) is 17.5 Å². The minimum atomic E-state index is -5.02. The van der Waals surface area contributed by atoms with Gasteiger partial charge in [-0.1, -0.05) is 25.3 Å². The first kappa shape index (κ1) is 32.7. The molecule has 1 amide bonds. The van der Waals surface area contributed by atoms with Gasteiger partial charge in [0.2, 0.25) is 5.91 Å². The van der Waals surface area contributed by atoms with Gasteiger partial charge in [-0.15, -0.1) is 0 Å². The van der Waals surface area contributed by atoms with Crippen LogP contribution in [0.3, 0.4) is 0 Å². The minimum Gasteiger partial charge on any atom is -0.341 e. The highest BCUT2D eigenvalue weighted by Gasteiger charge is 2.43. The van der Waals surface area contributed by atoms with Crippen LogP contribution in [0.2, 0.25) is 0 Å². The molecule has 0 N–H and O–H groups in total. The van der Waals surface area contributed by atoms with E-state index in [1.54, 1.807) is 0 Å². The molecule has 5 rings (SSSR count). The van der Waals surface area contributed by atoms with Crippen molar-refractivity contribution in [3.63, 3.8) is 0 Å². The highest BCUT2D eigenvalue weighted by atomic mass is 19.4. The lowest BCUT2D eigenvalue weighted by atomic mass is 9.76. The van der Waals surface area contributed by atoms with E-state index in [0.29, 0.717) is 43.1 Å². The van der Waals surface area contributed by atoms with Gasteiger partial charge in [-0.05, 0) is 73.7 Å². The van der Waals surface area contributed by atoms with Gasteiger partial charge in [-0.2, -0.15) is 26.3 Å². The van der Waals surface area contributed by atoms with Crippen LogP contribution in [0.5, 0.6) is 0 Å². The molecule has 1 unspecified atom stereocenters. The number of carbonyl (C=O) groups excluding carboxylic acids is 1. The van der Waals surface area contributed by atoms with Gasteiger partial charge in [0.1, 0.15) is 0 Å². The van der Waals surface area contributed by atoms with Gasteiger partial charge in [-0.25, -0.2) is 8.78 Å². The molecule has 2 saturated heterocycles. The number of hydrogen-bond donors (Lipinski definition) is 0. The zero-order valence-corrected chi connectivity index (χ0v) is 24.4. The third kappa shape index (κ3) is 7.55. The summed E-state index contributed by atoms with van der Waals surface area (Å²) in [6.07, 6.45) is -3.49. The van der Waals surface area contributed by atoms with Crippen molar-refractivity contribution in [2.75, 3.05) is 45.8 Å². The van der Waals surface area contributed by atoms with Crippen LogP contribution in [0.25, 0.3) is 0 Å². The number of nitrogens with zero attached hydrogens (tertiary/aromatic N) is 3. The Bertz CT molecular complexity index is 1280. The number of likely N-dealkylation sites (tertiary alicyclic amines) is 1. The number of alkyl halides is 6. The maximum absolute atomic E-state index is 14.4. The van der Waals surface area contributed by atoms with Crippen LogP contribution in [0.4, 0.5) is 35.1 Å². The van der Waals surface area contributed by atoms with Gasteiger partial charge >= 0.3 is 12.4 Å². The Labute approximate surface area is 252 Å². The summed E-state index contributed by atoms with van der Waals surface area (Å²) in [7, 11) is 0. The van der Waals surface area contributed by atoms with E-state index in [1.807, 2.05) is 0 Å². The summed E-state index contributed by atoms with van der Waals surface area (Å²) in [5.41, 5.74) is -3.56. The molecule has 3 fully saturated rings. The summed E-state index contributed by atoms with van der Waals surface area (Å²) >= 11 is 0. The van der Waals surface area contributed by atoms with E-state index in [-0.39, 0.29) is 19.2 Å². The second-order valence-corrected chi connectivity index (χ2v) is 12.5. The second kappa shape index (κ2) is 12.9. The smallest absolute Gasteiger partial charge is 0.341 e. The first-order valence-corrected chi connectivity index (χ1v) is 15.2. The van der Waals surface area contributed by atoms with Crippen LogP contribution in [0.15, 0.2) is 36.4 Å². The number of rotatable bonds is 7. The molecule has 1 aliphatic carbocycles. The van der Waals surface area contributed by atoms with Crippen molar-refractivity contribution in [1.29, 1.82) is 0 Å². The Morgan fingerprint density at radius 3 is 2.02 bits per heavy atom. The number of amides is 1. The van der Waals surface area contributed by atoms with Crippen molar-refractivity contribution in [3.8, 4) is 0 Å². The third-order valence-corrected chi connectivity index (χ3v) is 9.65. The van der Waals surface area contributed by atoms with Crippen molar-refractivity contribution in [2.24, 2.45) is 0 Å². The molecule has 2 aliphatic heterocycles. The van der Waals surface area contributed by atoms with Crippen LogP contribution in [0.1, 0.15) is 67.2 Å². The molecule has 0 bridgehead atoms. The van der Waals surface area contributed by atoms with E-state index in [2.05, 4.69) is 9.80 Å². The summed E-state index contributed by atoms with van der Waals surface area (Å²) in [5, 5.41) is 0. The van der Waals surface area contributed by atoms with Crippen molar-refractivity contribution in [2.45, 2.75) is 75.2 Å². The van der Waals surface area contributed by atoms with Crippen LogP contribution < -0.4 is 0 Å². The van der Waals surface area contributed by atoms with Gasteiger partial charge in [0, 0.05) is 50.7 Å². The predicted molar refractivity (Wildman–Crippen MR) is 149 cm³/mol. The summed E-state index contributed by atoms with van der Waals surface area (Å²) < 4.78 is 108. The topological polar surface area (TPSA) is 26.8 Å². The Kier molecular flexibility index (Phi) is 9.61.